The van der Waals surface area contributed by atoms with Crippen molar-refractivity contribution in [3.63, 3.8) is 0 Å². The molecular weight excluding hydrogens is 312 g/mol. The fourth-order valence-electron chi connectivity index (χ4n) is 2.92. The number of aromatic nitrogens is 1. The van der Waals surface area contributed by atoms with E-state index in [1.807, 2.05) is 12.1 Å². The molecular formula is C18H21ClN2O2. The third-order valence-electron chi connectivity index (χ3n) is 3.84. The lowest BCUT2D eigenvalue weighted by atomic mass is 10.0. The molecule has 1 N–H and O–H groups in total. The standard InChI is InChI=1S/C18H21ClN2O2/c1-12(2)10-21-5-6-23-18-14(11-21)7-13(8-17(18)22)16-4-3-15(19)9-20-16/h3-4,7-9,12,22H,5-6,10-11H2,1-2H3. The number of hydrogen-bond donors (Lipinski definition) is 1. The Morgan fingerprint density at radius 1 is 1.35 bits per heavy atom. The Balaban J connectivity index is 1.95. The van der Waals surface area contributed by atoms with Gasteiger partial charge >= 0.3 is 0 Å². The van der Waals surface area contributed by atoms with Gasteiger partial charge in [-0.3, -0.25) is 9.88 Å². The number of rotatable bonds is 3. The van der Waals surface area contributed by atoms with Crippen molar-refractivity contribution in [2.75, 3.05) is 19.7 Å². The Morgan fingerprint density at radius 3 is 2.87 bits per heavy atom. The molecule has 4 nitrogen and oxygen atoms in total. The van der Waals surface area contributed by atoms with Gasteiger partial charge in [0.2, 0.25) is 0 Å². The monoisotopic (exact) mass is 332 g/mol. The fraction of sp³-hybridized carbons (Fsp3) is 0.389. The summed E-state index contributed by atoms with van der Waals surface area (Å²) in [6.45, 7) is 7.64. The summed E-state index contributed by atoms with van der Waals surface area (Å²) >= 11 is 5.90. The van der Waals surface area contributed by atoms with Crippen LogP contribution in [0.2, 0.25) is 5.02 Å². The molecule has 0 atom stereocenters. The first-order chi connectivity index (χ1) is 11.0. The minimum absolute atomic E-state index is 0.167. The maximum atomic E-state index is 10.3. The zero-order chi connectivity index (χ0) is 16.4. The highest BCUT2D eigenvalue weighted by atomic mass is 35.5. The van der Waals surface area contributed by atoms with E-state index in [-0.39, 0.29) is 5.75 Å². The number of aromatic hydroxyl groups is 1. The minimum Gasteiger partial charge on any atom is -0.504 e. The van der Waals surface area contributed by atoms with Crippen LogP contribution in [0.3, 0.4) is 0 Å². The molecule has 0 spiro atoms. The molecule has 2 aromatic rings. The SMILES string of the molecule is CC(C)CN1CCOc2c(O)cc(-c3ccc(Cl)cn3)cc2C1. The van der Waals surface area contributed by atoms with Crippen molar-refractivity contribution in [2.24, 2.45) is 5.92 Å². The molecule has 0 aliphatic carbocycles. The number of pyridine rings is 1. The van der Waals surface area contributed by atoms with Crippen molar-refractivity contribution in [2.45, 2.75) is 20.4 Å². The van der Waals surface area contributed by atoms with Crippen LogP contribution in [0.15, 0.2) is 30.5 Å². The molecule has 5 heteroatoms. The van der Waals surface area contributed by atoms with Gasteiger partial charge in [0.25, 0.3) is 0 Å². The van der Waals surface area contributed by atoms with Gasteiger partial charge in [-0.15, -0.1) is 0 Å². The number of ether oxygens (including phenoxy) is 1. The summed E-state index contributed by atoms with van der Waals surface area (Å²) in [5.41, 5.74) is 2.65. The predicted octanol–water partition coefficient (Wildman–Crippen LogP) is 3.96. The molecule has 1 aromatic heterocycles. The molecule has 1 aliphatic rings. The largest absolute Gasteiger partial charge is 0.504 e. The van der Waals surface area contributed by atoms with Crippen molar-refractivity contribution >= 4 is 11.6 Å². The molecule has 1 aromatic carbocycles. The van der Waals surface area contributed by atoms with Crippen molar-refractivity contribution in [1.82, 2.24) is 9.88 Å². The smallest absolute Gasteiger partial charge is 0.165 e. The number of fused-ring (bicyclic) bond motifs is 1. The molecule has 0 fully saturated rings. The first kappa shape index (κ1) is 16.1. The van der Waals surface area contributed by atoms with Crippen LogP contribution in [-0.4, -0.2) is 34.7 Å². The molecule has 0 unspecified atom stereocenters. The van der Waals surface area contributed by atoms with Crippen LogP contribution in [-0.2, 0) is 6.54 Å². The Hall–Kier alpha value is -1.78. The van der Waals surface area contributed by atoms with Crippen molar-refractivity contribution in [3.8, 4) is 22.8 Å². The van der Waals surface area contributed by atoms with Gasteiger partial charge in [0.1, 0.15) is 6.61 Å². The van der Waals surface area contributed by atoms with Gasteiger partial charge in [-0.1, -0.05) is 25.4 Å². The van der Waals surface area contributed by atoms with Crippen LogP contribution in [0.1, 0.15) is 19.4 Å². The van der Waals surface area contributed by atoms with Crippen LogP contribution in [0.5, 0.6) is 11.5 Å². The van der Waals surface area contributed by atoms with Gasteiger partial charge in [0.05, 0.1) is 10.7 Å². The van der Waals surface area contributed by atoms with Gasteiger partial charge in [-0.05, 0) is 30.2 Å². The molecule has 0 saturated carbocycles. The van der Waals surface area contributed by atoms with E-state index >= 15 is 0 Å². The number of halogens is 1. The lowest BCUT2D eigenvalue weighted by molar-refractivity contribution is 0.205. The van der Waals surface area contributed by atoms with E-state index in [1.54, 1.807) is 18.3 Å². The average molecular weight is 333 g/mol. The second-order valence-electron chi connectivity index (χ2n) is 6.32. The summed E-state index contributed by atoms with van der Waals surface area (Å²) in [5.74, 6) is 1.35. The van der Waals surface area contributed by atoms with Gasteiger partial charge < -0.3 is 9.84 Å². The summed E-state index contributed by atoms with van der Waals surface area (Å²) in [7, 11) is 0. The number of phenols is 1. The number of phenolic OH excluding ortho intramolecular Hbond substituents is 1. The van der Waals surface area contributed by atoms with E-state index in [0.29, 0.717) is 23.3 Å². The Kier molecular flexibility index (Phi) is 4.74. The Morgan fingerprint density at radius 2 is 2.17 bits per heavy atom. The van der Waals surface area contributed by atoms with Crippen LogP contribution >= 0.6 is 11.6 Å². The van der Waals surface area contributed by atoms with Gasteiger partial charge in [0.15, 0.2) is 11.5 Å². The van der Waals surface area contributed by atoms with Crippen LogP contribution in [0.4, 0.5) is 0 Å². The molecule has 122 valence electrons. The molecule has 0 bridgehead atoms. The molecule has 0 saturated heterocycles. The summed E-state index contributed by atoms with van der Waals surface area (Å²) in [6, 6.07) is 7.40. The quantitative estimate of drug-likeness (QED) is 0.924. The van der Waals surface area contributed by atoms with E-state index < -0.39 is 0 Å². The van der Waals surface area contributed by atoms with Gasteiger partial charge in [-0.2, -0.15) is 0 Å². The zero-order valence-electron chi connectivity index (χ0n) is 13.4. The highest BCUT2D eigenvalue weighted by Crippen LogP contribution is 2.37. The van der Waals surface area contributed by atoms with E-state index in [1.165, 1.54) is 0 Å². The predicted molar refractivity (Wildman–Crippen MR) is 92.0 cm³/mol. The summed E-state index contributed by atoms with van der Waals surface area (Å²) < 4.78 is 5.77. The third-order valence-corrected chi connectivity index (χ3v) is 4.06. The number of hydrogen-bond acceptors (Lipinski definition) is 4. The van der Waals surface area contributed by atoms with Gasteiger partial charge in [-0.25, -0.2) is 0 Å². The lowest BCUT2D eigenvalue weighted by Gasteiger charge is -2.21. The van der Waals surface area contributed by atoms with E-state index in [2.05, 4.69) is 23.7 Å². The Labute approximate surface area is 141 Å². The highest BCUT2D eigenvalue weighted by molar-refractivity contribution is 6.30. The van der Waals surface area contributed by atoms with Crippen LogP contribution in [0, 0.1) is 5.92 Å². The first-order valence-electron chi connectivity index (χ1n) is 7.86. The second-order valence-corrected chi connectivity index (χ2v) is 6.76. The van der Waals surface area contributed by atoms with Crippen LogP contribution < -0.4 is 4.74 Å². The molecule has 0 amide bonds. The van der Waals surface area contributed by atoms with E-state index in [4.69, 9.17) is 16.3 Å². The molecule has 0 radical (unpaired) electrons. The molecule has 3 rings (SSSR count). The molecule has 1 aliphatic heterocycles. The van der Waals surface area contributed by atoms with Crippen molar-refractivity contribution in [1.29, 1.82) is 0 Å². The molecule has 2 heterocycles. The maximum absolute atomic E-state index is 10.3. The lowest BCUT2D eigenvalue weighted by Crippen LogP contribution is -2.29. The second kappa shape index (κ2) is 6.77. The molecule has 23 heavy (non-hydrogen) atoms. The zero-order valence-corrected chi connectivity index (χ0v) is 14.2. The highest BCUT2D eigenvalue weighted by Gasteiger charge is 2.20. The van der Waals surface area contributed by atoms with Crippen LogP contribution in [0.25, 0.3) is 11.3 Å². The first-order valence-corrected chi connectivity index (χ1v) is 8.23. The summed E-state index contributed by atoms with van der Waals surface area (Å²) in [6.07, 6.45) is 1.61. The van der Waals surface area contributed by atoms with Crippen molar-refractivity contribution < 1.29 is 9.84 Å². The fourth-order valence-corrected chi connectivity index (χ4v) is 3.03. The summed E-state index contributed by atoms with van der Waals surface area (Å²) in [5, 5.41) is 10.9. The number of nitrogens with zero attached hydrogens (tertiary/aromatic N) is 2. The number of benzene rings is 1. The van der Waals surface area contributed by atoms with E-state index in [0.717, 1.165) is 36.5 Å². The third kappa shape index (κ3) is 3.77. The normalized spacial score (nSPS) is 15.1. The Bertz CT molecular complexity index is 686. The maximum Gasteiger partial charge on any atom is 0.165 e. The summed E-state index contributed by atoms with van der Waals surface area (Å²) in [4.78, 5) is 6.69. The van der Waals surface area contributed by atoms with E-state index in [9.17, 15) is 5.11 Å². The minimum atomic E-state index is 0.167. The topological polar surface area (TPSA) is 45.6 Å². The average Bonchev–Trinajstić information content (AvgIpc) is 2.69. The van der Waals surface area contributed by atoms with Crippen molar-refractivity contribution in [3.05, 3.63) is 41.0 Å². The van der Waals surface area contributed by atoms with Gasteiger partial charge in [0, 0.05) is 37.0 Å².